The first-order valence-electron chi connectivity index (χ1n) is 6.51. The predicted molar refractivity (Wildman–Crippen MR) is 65.3 cm³/mol. The zero-order valence-corrected chi connectivity index (χ0v) is 9.78. The molecule has 1 aromatic heterocycles. The summed E-state index contributed by atoms with van der Waals surface area (Å²) in [6.45, 7) is 4.66. The molecule has 1 aliphatic carbocycles. The number of hydrogen-bond acceptors (Lipinski definition) is 2. The Morgan fingerprint density at radius 3 is 2.75 bits per heavy atom. The Balaban J connectivity index is 1.71. The van der Waals surface area contributed by atoms with E-state index < -0.39 is 0 Å². The highest BCUT2D eigenvalue weighted by atomic mass is 15.2. The Kier molecular flexibility index (Phi) is 2.98. The molecule has 1 atom stereocenters. The van der Waals surface area contributed by atoms with Gasteiger partial charge >= 0.3 is 0 Å². The zero-order chi connectivity index (χ0) is 10.8. The maximum absolute atomic E-state index is 3.43. The van der Waals surface area contributed by atoms with Crippen LogP contribution in [-0.2, 0) is 0 Å². The molecule has 3 nitrogen and oxygen atoms in total. The van der Waals surface area contributed by atoms with E-state index in [-0.39, 0.29) is 0 Å². The fraction of sp³-hybridized carbons (Fsp3) is 0.692. The van der Waals surface area contributed by atoms with Gasteiger partial charge in [-0.15, -0.1) is 0 Å². The minimum absolute atomic E-state index is 0.629. The van der Waals surface area contributed by atoms with Gasteiger partial charge in [-0.05, 0) is 24.5 Å². The molecular weight excluding hydrogens is 198 g/mol. The highest BCUT2D eigenvalue weighted by Gasteiger charge is 2.30. The SMILES string of the molecule is c1c[nH]c([C@H](CC2CC2)N2CCNCC2)c1. The van der Waals surface area contributed by atoms with Crippen LogP contribution in [0.4, 0.5) is 0 Å². The number of H-pyrrole nitrogens is 1. The number of nitrogens with one attached hydrogen (secondary N) is 2. The minimum atomic E-state index is 0.629. The molecule has 88 valence electrons. The smallest absolute Gasteiger partial charge is 0.0502 e. The summed E-state index contributed by atoms with van der Waals surface area (Å²) in [6, 6.07) is 5.00. The van der Waals surface area contributed by atoms with Crippen LogP contribution in [0.2, 0.25) is 0 Å². The molecule has 1 aliphatic heterocycles. The molecule has 0 unspecified atom stereocenters. The molecule has 0 radical (unpaired) electrons. The normalized spacial score (nSPS) is 24.5. The van der Waals surface area contributed by atoms with Crippen molar-refractivity contribution in [1.29, 1.82) is 0 Å². The molecule has 0 bridgehead atoms. The molecule has 0 spiro atoms. The van der Waals surface area contributed by atoms with Gasteiger partial charge in [0.2, 0.25) is 0 Å². The summed E-state index contributed by atoms with van der Waals surface area (Å²) in [4.78, 5) is 6.05. The van der Waals surface area contributed by atoms with Gasteiger partial charge in [0.1, 0.15) is 0 Å². The fourth-order valence-electron chi connectivity index (χ4n) is 2.69. The van der Waals surface area contributed by atoms with Gasteiger partial charge in [0.05, 0.1) is 6.04 Å². The molecule has 2 heterocycles. The Hall–Kier alpha value is -0.800. The molecule has 1 saturated carbocycles. The van der Waals surface area contributed by atoms with Crippen molar-refractivity contribution < 1.29 is 0 Å². The Morgan fingerprint density at radius 1 is 1.31 bits per heavy atom. The first-order chi connectivity index (χ1) is 7.93. The van der Waals surface area contributed by atoms with Gasteiger partial charge in [-0.25, -0.2) is 0 Å². The molecule has 2 fully saturated rings. The van der Waals surface area contributed by atoms with E-state index in [1.165, 1.54) is 38.0 Å². The molecule has 3 rings (SSSR count). The van der Waals surface area contributed by atoms with Gasteiger partial charge in [0.25, 0.3) is 0 Å². The van der Waals surface area contributed by atoms with Crippen LogP contribution in [0, 0.1) is 5.92 Å². The van der Waals surface area contributed by atoms with Crippen LogP contribution in [0.25, 0.3) is 0 Å². The Labute approximate surface area is 97.2 Å². The largest absolute Gasteiger partial charge is 0.364 e. The van der Waals surface area contributed by atoms with E-state index >= 15 is 0 Å². The van der Waals surface area contributed by atoms with E-state index in [1.807, 2.05) is 0 Å². The summed E-state index contributed by atoms with van der Waals surface area (Å²) in [6.07, 6.45) is 6.30. The number of aromatic amines is 1. The summed E-state index contributed by atoms with van der Waals surface area (Å²) >= 11 is 0. The number of nitrogens with zero attached hydrogens (tertiary/aromatic N) is 1. The molecule has 0 amide bonds. The topological polar surface area (TPSA) is 31.1 Å². The Bertz CT molecular complexity index is 310. The van der Waals surface area contributed by atoms with Crippen molar-refractivity contribution in [1.82, 2.24) is 15.2 Å². The summed E-state index contributed by atoms with van der Waals surface area (Å²) in [5.74, 6) is 0.989. The molecule has 2 N–H and O–H groups in total. The van der Waals surface area contributed by atoms with Crippen molar-refractivity contribution in [3.05, 3.63) is 24.0 Å². The fourth-order valence-corrected chi connectivity index (χ4v) is 2.69. The van der Waals surface area contributed by atoms with E-state index in [0.29, 0.717) is 6.04 Å². The maximum atomic E-state index is 3.43. The lowest BCUT2D eigenvalue weighted by Crippen LogP contribution is -2.45. The van der Waals surface area contributed by atoms with Gasteiger partial charge < -0.3 is 10.3 Å². The minimum Gasteiger partial charge on any atom is -0.364 e. The molecule has 16 heavy (non-hydrogen) atoms. The second-order valence-electron chi connectivity index (χ2n) is 5.11. The van der Waals surface area contributed by atoms with Crippen molar-refractivity contribution in [2.24, 2.45) is 5.92 Å². The standard InChI is InChI=1S/C13H21N3/c1-2-12(15-5-1)13(10-11-3-4-11)16-8-6-14-7-9-16/h1-2,5,11,13-15H,3-4,6-10H2/t13-/m0/s1. The van der Waals surface area contributed by atoms with Gasteiger partial charge in [0.15, 0.2) is 0 Å². The summed E-state index contributed by atoms with van der Waals surface area (Å²) in [5, 5.41) is 3.43. The summed E-state index contributed by atoms with van der Waals surface area (Å²) in [5.41, 5.74) is 1.41. The summed E-state index contributed by atoms with van der Waals surface area (Å²) < 4.78 is 0. The highest BCUT2D eigenvalue weighted by molar-refractivity contribution is 5.10. The maximum Gasteiger partial charge on any atom is 0.0502 e. The highest BCUT2D eigenvalue weighted by Crippen LogP contribution is 2.39. The van der Waals surface area contributed by atoms with Crippen LogP contribution in [0.5, 0.6) is 0 Å². The van der Waals surface area contributed by atoms with Crippen LogP contribution < -0.4 is 5.32 Å². The molecular formula is C13H21N3. The van der Waals surface area contributed by atoms with Gasteiger partial charge in [-0.2, -0.15) is 0 Å². The van der Waals surface area contributed by atoms with Crippen LogP contribution in [0.3, 0.4) is 0 Å². The third-order valence-corrected chi connectivity index (χ3v) is 3.83. The van der Waals surface area contributed by atoms with Gasteiger partial charge in [0, 0.05) is 38.1 Å². The Morgan fingerprint density at radius 2 is 2.12 bits per heavy atom. The average Bonchev–Trinajstić information content (AvgIpc) is 3.00. The van der Waals surface area contributed by atoms with Gasteiger partial charge in [-0.3, -0.25) is 4.90 Å². The van der Waals surface area contributed by atoms with Crippen LogP contribution in [0.1, 0.15) is 31.0 Å². The zero-order valence-electron chi connectivity index (χ0n) is 9.78. The van der Waals surface area contributed by atoms with E-state index in [0.717, 1.165) is 19.0 Å². The van der Waals surface area contributed by atoms with E-state index in [2.05, 4.69) is 33.5 Å². The number of piperazine rings is 1. The van der Waals surface area contributed by atoms with E-state index in [1.54, 1.807) is 0 Å². The monoisotopic (exact) mass is 219 g/mol. The quantitative estimate of drug-likeness (QED) is 0.808. The summed E-state index contributed by atoms with van der Waals surface area (Å²) in [7, 11) is 0. The second-order valence-corrected chi connectivity index (χ2v) is 5.11. The average molecular weight is 219 g/mol. The second kappa shape index (κ2) is 4.60. The first-order valence-corrected chi connectivity index (χ1v) is 6.51. The van der Waals surface area contributed by atoms with Crippen molar-refractivity contribution in [3.8, 4) is 0 Å². The van der Waals surface area contributed by atoms with Crippen molar-refractivity contribution in [3.63, 3.8) is 0 Å². The predicted octanol–water partition coefficient (Wildman–Crippen LogP) is 1.76. The number of hydrogen-bond donors (Lipinski definition) is 2. The molecule has 1 saturated heterocycles. The number of rotatable bonds is 4. The van der Waals surface area contributed by atoms with Crippen LogP contribution in [0.15, 0.2) is 18.3 Å². The molecule has 3 heteroatoms. The van der Waals surface area contributed by atoms with Crippen LogP contribution >= 0.6 is 0 Å². The lowest BCUT2D eigenvalue weighted by Gasteiger charge is -2.34. The lowest BCUT2D eigenvalue weighted by atomic mass is 10.0. The number of aromatic nitrogens is 1. The third-order valence-electron chi connectivity index (χ3n) is 3.83. The van der Waals surface area contributed by atoms with Crippen molar-refractivity contribution in [2.45, 2.75) is 25.3 Å². The van der Waals surface area contributed by atoms with Crippen LogP contribution in [-0.4, -0.2) is 36.1 Å². The first kappa shape index (κ1) is 10.4. The van der Waals surface area contributed by atoms with Gasteiger partial charge in [-0.1, -0.05) is 12.8 Å². The van der Waals surface area contributed by atoms with E-state index in [9.17, 15) is 0 Å². The van der Waals surface area contributed by atoms with E-state index in [4.69, 9.17) is 0 Å². The third kappa shape index (κ3) is 2.30. The molecule has 0 aromatic carbocycles. The molecule has 2 aliphatic rings. The van der Waals surface area contributed by atoms with Crippen molar-refractivity contribution >= 4 is 0 Å². The lowest BCUT2D eigenvalue weighted by molar-refractivity contribution is 0.158. The van der Waals surface area contributed by atoms with Crippen molar-refractivity contribution in [2.75, 3.05) is 26.2 Å². The molecule has 1 aromatic rings.